The van der Waals surface area contributed by atoms with E-state index in [2.05, 4.69) is 11.5 Å². The molecule has 0 unspecified atom stereocenters. The van der Waals surface area contributed by atoms with Crippen LogP contribution in [0.4, 0.5) is 5.69 Å². The smallest absolute Gasteiger partial charge is 0.370 e. The summed E-state index contributed by atoms with van der Waals surface area (Å²) >= 11 is 0. The first-order chi connectivity index (χ1) is 20.3. The average Bonchev–Trinajstić information content (AvgIpc) is 3.42. The average molecular weight is 577 g/mol. The number of allylic oxidation sites excluding steroid dienone is 6. The van der Waals surface area contributed by atoms with Crippen LogP contribution in [-0.2, 0) is 21.5 Å². The van der Waals surface area contributed by atoms with Crippen molar-refractivity contribution in [3.63, 3.8) is 0 Å². The summed E-state index contributed by atoms with van der Waals surface area (Å²) in [6, 6.07) is 20.5. The van der Waals surface area contributed by atoms with Crippen LogP contribution in [-0.4, -0.2) is 45.4 Å². The quantitative estimate of drug-likeness (QED) is 0.139. The van der Waals surface area contributed by atoms with Gasteiger partial charge in [0.25, 0.3) is 0 Å². The maximum absolute atomic E-state index is 11.9. The highest BCUT2D eigenvalue weighted by Crippen LogP contribution is 2.35. The van der Waals surface area contributed by atoms with Crippen molar-refractivity contribution in [3.8, 4) is 0 Å². The van der Waals surface area contributed by atoms with Gasteiger partial charge in [-0.2, -0.15) is 4.58 Å². The number of carboxylic acids is 1. The van der Waals surface area contributed by atoms with E-state index in [1.165, 1.54) is 6.07 Å². The van der Waals surface area contributed by atoms with E-state index in [4.69, 9.17) is 0 Å². The molecule has 42 heavy (non-hydrogen) atoms. The Kier molecular flexibility index (Phi) is 7.10. The van der Waals surface area contributed by atoms with Gasteiger partial charge in [0.15, 0.2) is 0 Å². The minimum atomic E-state index is -4.61. The molecule has 0 amide bonds. The van der Waals surface area contributed by atoms with Crippen LogP contribution in [0.5, 0.6) is 0 Å². The first kappa shape index (κ1) is 27.4. The molecule has 5 aromatic rings. The molecule has 8 heteroatoms. The SMILES string of the molecule is CCCn1c(=CC=CC=CC=CC2=[N+](CC(=O)O)c3cccc4cccc2c34)c2cccc3c(S(=O)(=O)[O-])ccc1c32. The maximum atomic E-state index is 11.9. The van der Waals surface area contributed by atoms with E-state index in [0.29, 0.717) is 5.39 Å². The Labute approximate surface area is 243 Å². The lowest BCUT2D eigenvalue weighted by molar-refractivity contribution is -0.425. The van der Waals surface area contributed by atoms with Crippen LogP contribution in [0, 0.1) is 0 Å². The van der Waals surface area contributed by atoms with Crippen molar-refractivity contribution >= 4 is 66.0 Å². The van der Waals surface area contributed by atoms with Crippen LogP contribution >= 0.6 is 0 Å². The van der Waals surface area contributed by atoms with Crippen molar-refractivity contribution in [3.05, 3.63) is 114 Å². The van der Waals surface area contributed by atoms with Gasteiger partial charge < -0.3 is 14.2 Å². The zero-order valence-electron chi connectivity index (χ0n) is 22.9. The molecule has 6 rings (SSSR count). The predicted octanol–water partition coefficient (Wildman–Crippen LogP) is 5.66. The summed E-state index contributed by atoms with van der Waals surface area (Å²) < 4.78 is 39.7. The number of rotatable bonds is 9. The molecular formula is C34H28N2O5S. The van der Waals surface area contributed by atoms with Gasteiger partial charge in [0.05, 0.1) is 15.8 Å². The van der Waals surface area contributed by atoms with Crippen LogP contribution in [0.15, 0.2) is 108 Å². The molecule has 1 aromatic heterocycles. The van der Waals surface area contributed by atoms with E-state index in [1.54, 1.807) is 18.2 Å². The van der Waals surface area contributed by atoms with Crippen LogP contribution in [0.3, 0.4) is 0 Å². The van der Waals surface area contributed by atoms with Gasteiger partial charge in [0, 0.05) is 45.7 Å². The van der Waals surface area contributed by atoms with Crippen molar-refractivity contribution in [2.75, 3.05) is 6.54 Å². The Morgan fingerprint density at radius 2 is 1.62 bits per heavy atom. The molecule has 0 saturated heterocycles. The van der Waals surface area contributed by atoms with E-state index in [9.17, 15) is 22.9 Å². The fourth-order valence-electron chi connectivity index (χ4n) is 5.94. The molecule has 0 atom stereocenters. The van der Waals surface area contributed by atoms with Gasteiger partial charge in [-0.3, -0.25) is 0 Å². The van der Waals surface area contributed by atoms with Gasteiger partial charge in [-0.15, -0.1) is 0 Å². The molecule has 210 valence electrons. The van der Waals surface area contributed by atoms with Crippen LogP contribution < -0.4 is 5.35 Å². The molecule has 0 aliphatic carbocycles. The molecule has 1 aliphatic heterocycles. The van der Waals surface area contributed by atoms with Gasteiger partial charge in [-0.05, 0) is 36.1 Å². The number of aryl methyl sites for hydroxylation is 1. The van der Waals surface area contributed by atoms with Crippen LogP contribution in [0.25, 0.3) is 38.5 Å². The number of hydrogen-bond acceptors (Lipinski definition) is 4. The molecule has 0 saturated carbocycles. The summed E-state index contributed by atoms with van der Waals surface area (Å²) in [4.78, 5) is 11.4. The van der Waals surface area contributed by atoms with Gasteiger partial charge in [-0.1, -0.05) is 79.8 Å². The highest BCUT2D eigenvalue weighted by molar-refractivity contribution is 7.86. The molecule has 1 aliphatic rings. The Hall–Kier alpha value is -4.79. The molecule has 0 bridgehead atoms. The summed E-state index contributed by atoms with van der Waals surface area (Å²) in [6.07, 6.45) is 14.3. The number of carbonyl (C=O) groups is 1. The Morgan fingerprint density at radius 1 is 0.905 bits per heavy atom. The summed E-state index contributed by atoms with van der Waals surface area (Å²) in [5.41, 5.74) is 3.63. The standard InChI is InChI=1S/C34H28N2O5S/c1-2-21-35-27(25-14-10-15-26-31(42(39,40)41)20-19-30(35)34(25)26)16-6-4-3-5-7-17-28-24-13-8-11-23-12-9-18-29(33(23)24)36(28)22-32(37)38/h3-20H,2,21-22H2,1H3,(H-,37,38,39,40,41). The lowest BCUT2D eigenvalue weighted by atomic mass is 10.0. The lowest BCUT2D eigenvalue weighted by Crippen LogP contribution is -2.19. The highest BCUT2D eigenvalue weighted by atomic mass is 32.2. The zero-order chi connectivity index (χ0) is 29.4. The second-order valence-electron chi connectivity index (χ2n) is 10.1. The van der Waals surface area contributed by atoms with Crippen molar-refractivity contribution in [2.45, 2.75) is 24.8 Å². The summed E-state index contributed by atoms with van der Waals surface area (Å²) in [6.45, 7) is 2.69. The minimum Gasteiger partial charge on any atom is -0.744 e. The summed E-state index contributed by atoms with van der Waals surface area (Å²) in [7, 11) is -4.61. The van der Waals surface area contributed by atoms with E-state index in [-0.39, 0.29) is 11.4 Å². The number of nitrogens with zero attached hydrogens (tertiary/aromatic N) is 2. The fourth-order valence-corrected chi connectivity index (χ4v) is 6.62. The van der Waals surface area contributed by atoms with E-state index in [0.717, 1.165) is 62.3 Å². The second-order valence-corrected chi connectivity index (χ2v) is 11.5. The Bertz CT molecular complexity index is 2180. The van der Waals surface area contributed by atoms with Crippen LogP contribution in [0.1, 0.15) is 18.9 Å². The molecule has 0 fully saturated rings. The van der Waals surface area contributed by atoms with Gasteiger partial charge in [0.1, 0.15) is 10.1 Å². The highest BCUT2D eigenvalue weighted by Gasteiger charge is 2.31. The molecule has 0 spiro atoms. The van der Waals surface area contributed by atoms with Crippen molar-refractivity contribution in [1.82, 2.24) is 4.57 Å². The normalized spacial score (nSPS) is 14.4. The number of aromatic nitrogens is 1. The fraction of sp³-hybridized carbons (Fsp3) is 0.118. The monoisotopic (exact) mass is 576 g/mol. The minimum absolute atomic E-state index is 0.129. The van der Waals surface area contributed by atoms with Gasteiger partial charge in [0.2, 0.25) is 17.9 Å². The lowest BCUT2D eigenvalue weighted by Gasteiger charge is -2.11. The van der Waals surface area contributed by atoms with Crippen molar-refractivity contribution in [2.24, 2.45) is 0 Å². The second kappa shape index (κ2) is 10.9. The van der Waals surface area contributed by atoms with E-state index in [1.807, 2.05) is 89.6 Å². The third-order valence-electron chi connectivity index (χ3n) is 7.54. The predicted molar refractivity (Wildman–Crippen MR) is 165 cm³/mol. The first-order valence-corrected chi connectivity index (χ1v) is 15.1. The molecule has 2 heterocycles. The Morgan fingerprint density at radius 3 is 2.38 bits per heavy atom. The molecule has 1 N–H and O–H groups in total. The van der Waals surface area contributed by atoms with E-state index < -0.39 is 16.1 Å². The zero-order valence-corrected chi connectivity index (χ0v) is 23.7. The topological polar surface area (TPSA) is 102 Å². The molecular weight excluding hydrogens is 548 g/mol. The number of carboxylic acid groups (broad SMARTS) is 1. The van der Waals surface area contributed by atoms with E-state index >= 15 is 0 Å². The third-order valence-corrected chi connectivity index (χ3v) is 8.43. The van der Waals surface area contributed by atoms with Crippen molar-refractivity contribution < 1.29 is 27.4 Å². The first-order valence-electron chi connectivity index (χ1n) is 13.7. The van der Waals surface area contributed by atoms with Gasteiger partial charge in [-0.25, -0.2) is 13.2 Å². The largest absolute Gasteiger partial charge is 0.744 e. The molecule has 0 radical (unpaired) electrons. The molecule has 7 nitrogen and oxygen atoms in total. The number of benzene rings is 4. The number of hydrogen-bond donors (Lipinski definition) is 1. The molecule has 4 aromatic carbocycles. The van der Waals surface area contributed by atoms with Crippen LogP contribution in [0.2, 0.25) is 0 Å². The maximum Gasteiger partial charge on any atom is 0.370 e. The third kappa shape index (κ3) is 4.74. The van der Waals surface area contributed by atoms with Gasteiger partial charge >= 0.3 is 5.97 Å². The summed E-state index contributed by atoms with van der Waals surface area (Å²) in [5, 5.41) is 14.7. The summed E-state index contributed by atoms with van der Waals surface area (Å²) in [5.74, 6) is -0.898. The Balaban J connectivity index is 1.33. The number of aliphatic carboxylic acids is 1. The van der Waals surface area contributed by atoms with Crippen molar-refractivity contribution in [1.29, 1.82) is 0 Å².